The summed E-state index contributed by atoms with van der Waals surface area (Å²) in [6.45, 7) is 4.83. The number of allylic oxidation sites excluding steroid dienone is 8. The zero-order valence-corrected chi connectivity index (χ0v) is 40.1. The van der Waals surface area contributed by atoms with Gasteiger partial charge in [0.05, 0.1) is 19.8 Å². The molecular formula is C51H96NO7P. The van der Waals surface area contributed by atoms with Gasteiger partial charge in [0.25, 0.3) is 0 Å². The van der Waals surface area contributed by atoms with Crippen LogP contribution in [0.15, 0.2) is 48.6 Å². The number of rotatable bonds is 48. The van der Waals surface area contributed by atoms with Crippen LogP contribution >= 0.6 is 7.82 Å². The maximum atomic E-state index is 12.6. The van der Waals surface area contributed by atoms with Crippen LogP contribution in [-0.4, -0.2) is 49.9 Å². The van der Waals surface area contributed by atoms with Crippen molar-refractivity contribution in [2.75, 3.05) is 33.0 Å². The number of esters is 1. The lowest BCUT2D eigenvalue weighted by Crippen LogP contribution is -2.28. The topological polar surface area (TPSA) is 117 Å². The van der Waals surface area contributed by atoms with E-state index in [4.69, 9.17) is 24.3 Å². The highest BCUT2D eigenvalue weighted by atomic mass is 31.2. The molecule has 0 aromatic heterocycles. The molecule has 0 aromatic carbocycles. The number of phosphoric acid groups is 1. The van der Waals surface area contributed by atoms with Crippen LogP contribution in [0.25, 0.3) is 0 Å². The Kier molecular flexibility index (Phi) is 47.2. The molecular weight excluding hydrogens is 770 g/mol. The van der Waals surface area contributed by atoms with Crippen molar-refractivity contribution in [3.05, 3.63) is 48.6 Å². The molecule has 0 spiro atoms. The molecule has 0 radical (unpaired) electrons. The molecule has 2 atom stereocenters. The Morgan fingerprint density at radius 3 is 1.40 bits per heavy atom. The summed E-state index contributed by atoms with van der Waals surface area (Å²) in [4.78, 5) is 22.6. The highest BCUT2D eigenvalue weighted by Crippen LogP contribution is 2.43. The molecule has 0 aliphatic heterocycles. The van der Waals surface area contributed by atoms with Crippen molar-refractivity contribution >= 4 is 13.8 Å². The molecule has 60 heavy (non-hydrogen) atoms. The van der Waals surface area contributed by atoms with Crippen LogP contribution in [0.2, 0.25) is 0 Å². The second-order valence-corrected chi connectivity index (χ2v) is 18.1. The highest BCUT2D eigenvalue weighted by Gasteiger charge is 2.25. The molecule has 8 nitrogen and oxygen atoms in total. The minimum absolute atomic E-state index is 0.0975. The Labute approximate surface area is 371 Å². The van der Waals surface area contributed by atoms with Crippen molar-refractivity contribution < 1.29 is 32.8 Å². The van der Waals surface area contributed by atoms with E-state index in [1.165, 1.54) is 141 Å². The summed E-state index contributed by atoms with van der Waals surface area (Å²) in [6, 6.07) is 0. The number of phosphoric ester groups is 1. The lowest BCUT2D eigenvalue weighted by atomic mass is 10.0. The van der Waals surface area contributed by atoms with E-state index in [0.717, 1.165) is 70.6 Å². The van der Waals surface area contributed by atoms with E-state index in [9.17, 15) is 14.3 Å². The van der Waals surface area contributed by atoms with Gasteiger partial charge in [0, 0.05) is 19.6 Å². The second kappa shape index (κ2) is 48.5. The van der Waals surface area contributed by atoms with E-state index in [0.29, 0.717) is 13.0 Å². The van der Waals surface area contributed by atoms with Gasteiger partial charge in [-0.2, -0.15) is 0 Å². The molecule has 0 aromatic rings. The number of nitrogens with two attached hydrogens (primary N) is 1. The number of ether oxygens (including phenoxy) is 2. The number of carbonyl (C=O) groups excluding carboxylic acids is 1. The Hall–Kier alpha value is -1.54. The van der Waals surface area contributed by atoms with Gasteiger partial charge in [0.2, 0.25) is 0 Å². The summed E-state index contributed by atoms with van der Waals surface area (Å²) in [6.07, 6.45) is 58.6. The molecule has 2 unspecified atom stereocenters. The van der Waals surface area contributed by atoms with Crippen molar-refractivity contribution in [3.8, 4) is 0 Å². The fourth-order valence-electron chi connectivity index (χ4n) is 7.11. The first-order valence-electron chi connectivity index (χ1n) is 25.1. The van der Waals surface area contributed by atoms with Crippen LogP contribution in [0.3, 0.4) is 0 Å². The number of carbonyl (C=O) groups is 1. The third-order valence-electron chi connectivity index (χ3n) is 10.8. The van der Waals surface area contributed by atoms with E-state index in [1.54, 1.807) is 0 Å². The molecule has 0 saturated carbocycles. The minimum Gasteiger partial charge on any atom is -0.457 e. The molecule has 3 N–H and O–H groups in total. The summed E-state index contributed by atoms with van der Waals surface area (Å²) in [5, 5.41) is 0. The molecule has 352 valence electrons. The third kappa shape index (κ3) is 47.5. The first kappa shape index (κ1) is 58.5. The number of unbranched alkanes of at least 4 members (excludes halogenated alkanes) is 27. The van der Waals surface area contributed by atoms with Crippen molar-refractivity contribution in [3.63, 3.8) is 0 Å². The SMILES string of the molecule is CC/C=C\C/C=C\C/C=C\C/C=C\CCCCCCCCC(=O)OC(COCCCCCCCCCCCCCCCCCCCCCCCC)COP(=O)(O)OCCN. The Balaban J connectivity index is 3.95. The van der Waals surface area contributed by atoms with Gasteiger partial charge in [-0.05, 0) is 51.4 Å². The van der Waals surface area contributed by atoms with Crippen molar-refractivity contribution in [2.24, 2.45) is 5.73 Å². The average molecular weight is 866 g/mol. The molecule has 0 amide bonds. The number of hydrogen-bond acceptors (Lipinski definition) is 7. The summed E-state index contributed by atoms with van der Waals surface area (Å²) in [7, 11) is -4.29. The highest BCUT2D eigenvalue weighted by molar-refractivity contribution is 7.47. The predicted octanol–water partition coefficient (Wildman–Crippen LogP) is 15.5. The van der Waals surface area contributed by atoms with Crippen LogP contribution < -0.4 is 5.73 Å². The molecule has 9 heteroatoms. The van der Waals surface area contributed by atoms with Gasteiger partial charge in [-0.3, -0.25) is 13.8 Å². The Morgan fingerprint density at radius 1 is 0.517 bits per heavy atom. The monoisotopic (exact) mass is 866 g/mol. The summed E-state index contributed by atoms with van der Waals surface area (Å²) >= 11 is 0. The first-order chi connectivity index (χ1) is 29.4. The molecule has 0 rings (SSSR count). The Bertz CT molecular complexity index is 1060. The molecule has 0 aliphatic carbocycles. The Morgan fingerprint density at radius 2 is 0.933 bits per heavy atom. The van der Waals surface area contributed by atoms with E-state index < -0.39 is 13.9 Å². The lowest BCUT2D eigenvalue weighted by molar-refractivity contribution is -0.154. The van der Waals surface area contributed by atoms with Gasteiger partial charge < -0.3 is 20.1 Å². The van der Waals surface area contributed by atoms with Crippen LogP contribution in [0.1, 0.15) is 232 Å². The quantitative estimate of drug-likeness (QED) is 0.0269. The maximum Gasteiger partial charge on any atom is 0.472 e. The molecule has 0 saturated heterocycles. The zero-order valence-electron chi connectivity index (χ0n) is 39.2. The van der Waals surface area contributed by atoms with E-state index >= 15 is 0 Å². The fourth-order valence-corrected chi connectivity index (χ4v) is 7.87. The number of hydrogen-bond donors (Lipinski definition) is 2. The van der Waals surface area contributed by atoms with Gasteiger partial charge in [-0.25, -0.2) is 4.57 Å². The van der Waals surface area contributed by atoms with Crippen LogP contribution in [0.4, 0.5) is 0 Å². The second-order valence-electron chi connectivity index (χ2n) is 16.7. The first-order valence-corrected chi connectivity index (χ1v) is 26.6. The van der Waals surface area contributed by atoms with Gasteiger partial charge in [-0.1, -0.05) is 223 Å². The summed E-state index contributed by atoms with van der Waals surface area (Å²) < 4.78 is 33.6. The van der Waals surface area contributed by atoms with Gasteiger partial charge in [-0.15, -0.1) is 0 Å². The summed E-state index contributed by atoms with van der Waals surface area (Å²) in [5.74, 6) is -0.341. The molecule has 0 aliphatic rings. The van der Waals surface area contributed by atoms with Crippen LogP contribution in [-0.2, 0) is 27.9 Å². The zero-order chi connectivity index (χ0) is 43.7. The predicted molar refractivity (Wildman–Crippen MR) is 256 cm³/mol. The normalized spacial score (nSPS) is 13.7. The lowest BCUT2D eigenvalue weighted by Gasteiger charge is -2.20. The smallest absolute Gasteiger partial charge is 0.457 e. The van der Waals surface area contributed by atoms with E-state index in [1.807, 2.05) is 0 Å². The van der Waals surface area contributed by atoms with Gasteiger partial charge >= 0.3 is 13.8 Å². The van der Waals surface area contributed by atoms with Crippen molar-refractivity contribution in [1.82, 2.24) is 0 Å². The van der Waals surface area contributed by atoms with E-state index in [2.05, 4.69) is 62.5 Å². The van der Waals surface area contributed by atoms with E-state index in [-0.39, 0.29) is 32.3 Å². The standard InChI is InChI=1S/C51H96NO7P/c1-3-5-7-9-11-13-15-17-19-21-23-24-25-27-29-31-33-35-37-39-41-43-46-56-48-50(49-58-60(54,55)57-47-45-52)59-51(53)44-42-40-38-36-34-32-30-28-26-22-20-18-16-14-12-10-8-6-4-2/h6,8,12,14,18,20,26,28,50H,3-5,7,9-11,13,15-17,19,21-25,27,29-49,52H2,1-2H3,(H,54,55)/b8-6-,14-12-,20-18-,28-26-. The summed E-state index contributed by atoms with van der Waals surface area (Å²) in [5.41, 5.74) is 5.39. The average Bonchev–Trinajstić information content (AvgIpc) is 3.24. The van der Waals surface area contributed by atoms with Crippen LogP contribution in [0, 0.1) is 0 Å². The van der Waals surface area contributed by atoms with Gasteiger partial charge in [0.1, 0.15) is 6.10 Å². The van der Waals surface area contributed by atoms with Gasteiger partial charge in [0.15, 0.2) is 0 Å². The minimum atomic E-state index is -4.29. The molecule has 0 heterocycles. The van der Waals surface area contributed by atoms with Crippen LogP contribution in [0.5, 0.6) is 0 Å². The fraction of sp³-hybridized carbons (Fsp3) is 0.824. The van der Waals surface area contributed by atoms with Crippen molar-refractivity contribution in [1.29, 1.82) is 0 Å². The molecule has 0 fully saturated rings. The van der Waals surface area contributed by atoms with Crippen molar-refractivity contribution in [2.45, 2.75) is 238 Å². The maximum absolute atomic E-state index is 12.6. The third-order valence-corrected chi connectivity index (χ3v) is 11.7. The largest absolute Gasteiger partial charge is 0.472 e. The molecule has 0 bridgehead atoms.